The van der Waals surface area contributed by atoms with Gasteiger partial charge in [-0.1, -0.05) is 298 Å². The fourth-order valence-corrected chi connectivity index (χ4v) is 8.87. The van der Waals surface area contributed by atoms with Crippen LogP contribution in [0.4, 0.5) is 0 Å². The molecule has 0 amide bonds. The summed E-state index contributed by atoms with van der Waals surface area (Å²) in [6.45, 7) is 6.52. The normalized spacial score (nSPS) is 12.7. The van der Waals surface area contributed by atoms with Gasteiger partial charge in [-0.3, -0.25) is 14.4 Å². The Morgan fingerprint density at radius 1 is 0.280 bits per heavy atom. The largest absolute Gasteiger partial charge is 0.462 e. The zero-order valence-electron chi connectivity index (χ0n) is 49.3. The molecule has 1 atom stereocenters. The van der Waals surface area contributed by atoms with E-state index in [0.29, 0.717) is 19.3 Å². The van der Waals surface area contributed by atoms with Crippen molar-refractivity contribution in [3.05, 3.63) is 97.2 Å². The maximum Gasteiger partial charge on any atom is 0.306 e. The molecule has 0 aromatic heterocycles. The Kier molecular flexibility index (Phi) is 59.8. The van der Waals surface area contributed by atoms with E-state index in [1.54, 1.807) is 0 Å². The number of hydrogen-bond acceptors (Lipinski definition) is 6. The third-order valence-electron chi connectivity index (χ3n) is 13.6. The Morgan fingerprint density at radius 2 is 0.520 bits per heavy atom. The molecule has 0 radical (unpaired) electrons. The fourth-order valence-electron chi connectivity index (χ4n) is 8.87. The Labute approximate surface area is 464 Å². The molecule has 0 rings (SSSR count). The lowest BCUT2D eigenvalue weighted by atomic mass is 10.0. The smallest absolute Gasteiger partial charge is 0.306 e. The van der Waals surface area contributed by atoms with Gasteiger partial charge in [-0.2, -0.15) is 0 Å². The minimum atomic E-state index is -0.793. The number of unbranched alkanes of at least 4 members (excludes halogenated alkanes) is 30. The van der Waals surface area contributed by atoms with Crippen LogP contribution in [0.15, 0.2) is 97.2 Å². The Morgan fingerprint density at radius 3 is 0.813 bits per heavy atom. The molecule has 0 N–H and O–H groups in total. The van der Waals surface area contributed by atoms with E-state index in [4.69, 9.17) is 14.2 Å². The average molecular weight is 1040 g/mol. The summed E-state index contributed by atoms with van der Waals surface area (Å²) in [5.74, 6) is -0.921. The second kappa shape index (κ2) is 62.9. The van der Waals surface area contributed by atoms with E-state index < -0.39 is 6.10 Å². The number of allylic oxidation sites excluding steroid dienone is 16. The second-order valence-electron chi connectivity index (χ2n) is 21.0. The highest BCUT2D eigenvalue weighted by molar-refractivity contribution is 5.71. The first-order valence-electron chi connectivity index (χ1n) is 31.7. The molecule has 0 aromatic rings. The van der Waals surface area contributed by atoms with Gasteiger partial charge in [-0.25, -0.2) is 0 Å². The van der Waals surface area contributed by atoms with Crippen LogP contribution in [-0.4, -0.2) is 37.2 Å². The van der Waals surface area contributed by atoms with E-state index in [1.165, 1.54) is 154 Å². The Bertz CT molecular complexity index is 1480. The van der Waals surface area contributed by atoms with Gasteiger partial charge in [0.25, 0.3) is 0 Å². The third kappa shape index (κ3) is 61.1. The quantitative estimate of drug-likeness (QED) is 0.0261. The van der Waals surface area contributed by atoms with Crippen LogP contribution >= 0.6 is 0 Å². The summed E-state index contributed by atoms with van der Waals surface area (Å²) in [5, 5.41) is 0. The number of hydrogen-bond donors (Lipinski definition) is 0. The first-order chi connectivity index (χ1) is 37.0. The summed E-state index contributed by atoms with van der Waals surface area (Å²) in [6.07, 6.45) is 84.1. The number of carbonyl (C=O) groups excluding carboxylic acids is 3. The van der Waals surface area contributed by atoms with Crippen LogP contribution in [0.3, 0.4) is 0 Å². The molecular formula is C69H118O6. The molecule has 75 heavy (non-hydrogen) atoms. The Balaban J connectivity index is 4.40. The van der Waals surface area contributed by atoms with Crippen molar-refractivity contribution >= 4 is 17.9 Å². The van der Waals surface area contributed by atoms with E-state index in [9.17, 15) is 14.4 Å². The van der Waals surface area contributed by atoms with Crippen molar-refractivity contribution in [3.8, 4) is 0 Å². The molecule has 0 saturated carbocycles. The van der Waals surface area contributed by atoms with Crippen LogP contribution in [0, 0.1) is 0 Å². The van der Waals surface area contributed by atoms with Gasteiger partial charge in [0.2, 0.25) is 0 Å². The van der Waals surface area contributed by atoms with E-state index in [1.807, 2.05) is 0 Å². The molecule has 0 aliphatic heterocycles. The molecule has 0 bridgehead atoms. The molecule has 0 saturated heterocycles. The third-order valence-corrected chi connectivity index (χ3v) is 13.6. The van der Waals surface area contributed by atoms with Gasteiger partial charge in [0, 0.05) is 19.3 Å². The van der Waals surface area contributed by atoms with Crippen molar-refractivity contribution in [2.45, 2.75) is 309 Å². The summed E-state index contributed by atoms with van der Waals surface area (Å²) < 4.78 is 16.9. The van der Waals surface area contributed by atoms with Crippen molar-refractivity contribution in [2.24, 2.45) is 0 Å². The monoisotopic (exact) mass is 1040 g/mol. The molecule has 6 heteroatoms. The second-order valence-corrected chi connectivity index (χ2v) is 21.0. The molecule has 6 nitrogen and oxygen atoms in total. The van der Waals surface area contributed by atoms with Crippen LogP contribution in [0.2, 0.25) is 0 Å². The number of esters is 3. The van der Waals surface area contributed by atoms with Crippen molar-refractivity contribution in [2.75, 3.05) is 13.2 Å². The molecule has 1 unspecified atom stereocenters. The highest BCUT2D eigenvalue weighted by Gasteiger charge is 2.19. The van der Waals surface area contributed by atoms with E-state index in [-0.39, 0.29) is 31.1 Å². The highest BCUT2D eigenvalue weighted by Crippen LogP contribution is 2.17. The van der Waals surface area contributed by atoms with Crippen molar-refractivity contribution in [3.63, 3.8) is 0 Å². The standard InChI is InChI=1S/C69H118O6/c1-4-7-10-13-16-19-22-25-27-29-30-31-32-33-34-35-36-37-38-40-41-44-47-50-53-56-59-62-68(71)74-65-66(64-73-67(70)61-58-55-52-49-46-43-24-21-18-15-12-9-6-3)75-69(72)63-60-57-54-51-48-45-42-39-28-26-23-20-17-14-11-8-5-2/h7,10,16,19,25,27,30-31,33-34,36-37,40-41,47,50,66H,4-6,8-9,11-15,17-18,20-24,26,28-29,32,35,38-39,42-46,48-49,51-65H2,1-3H3/b10-7-,19-16-,27-25-,31-30-,34-33-,37-36-,41-40-,50-47-. The summed E-state index contributed by atoms with van der Waals surface area (Å²) in [6, 6.07) is 0. The van der Waals surface area contributed by atoms with Gasteiger partial charge in [0.1, 0.15) is 13.2 Å². The topological polar surface area (TPSA) is 78.9 Å². The molecular weight excluding hydrogens is 925 g/mol. The maximum atomic E-state index is 12.9. The Hall–Kier alpha value is -3.67. The molecule has 0 aromatic carbocycles. The fraction of sp³-hybridized carbons (Fsp3) is 0.725. The number of rotatable bonds is 57. The van der Waals surface area contributed by atoms with Crippen molar-refractivity contribution in [1.82, 2.24) is 0 Å². The van der Waals surface area contributed by atoms with Crippen LogP contribution in [0.25, 0.3) is 0 Å². The van der Waals surface area contributed by atoms with Crippen LogP contribution in [0.1, 0.15) is 303 Å². The average Bonchev–Trinajstić information content (AvgIpc) is 3.41. The first kappa shape index (κ1) is 71.3. The van der Waals surface area contributed by atoms with Crippen LogP contribution in [-0.2, 0) is 28.6 Å². The lowest BCUT2D eigenvalue weighted by Crippen LogP contribution is -2.30. The van der Waals surface area contributed by atoms with Gasteiger partial charge >= 0.3 is 17.9 Å². The lowest BCUT2D eigenvalue weighted by molar-refractivity contribution is -0.167. The molecule has 0 heterocycles. The number of carbonyl (C=O) groups is 3. The van der Waals surface area contributed by atoms with E-state index in [2.05, 4.69) is 118 Å². The highest BCUT2D eigenvalue weighted by atomic mass is 16.6. The minimum Gasteiger partial charge on any atom is -0.462 e. The summed E-state index contributed by atoms with van der Waals surface area (Å²) >= 11 is 0. The number of ether oxygens (including phenoxy) is 3. The SMILES string of the molecule is CC/C=C\C/C=C\C/C=C\C/C=C\C/C=C\C/C=C\C/C=C\C/C=C\CCCCC(=O)OCC(COC(=O)CCCCCCCCCCCCCCC)OC(=O)CCCCCCCCCCCCCCCCCCC. The molecule has 0 fully saturated rings. The van der Waals surface area contributed by atoms with Crippen molar-refractivity contribution < 1.29 is 28.6 Å². The maximum absolute atomic E-state index is 12.9. The minimum absolute atomic E-state index is 0.0873. The zero-order valence-corrected chi connectivity index (χ0v) is 49.3. The predicted molar refractivity (Wildman–Crippen MR) is 325 cm³/mol. The molecule has 0 spiro atoms. The first-order valence-corrected chi connectivity index (χ1v) is 31.7. The predicted octanol–water partition coefficient (Wildman–Crippen LogP) is 21.7. The lowest BCUT2D eigenvalue weighted by Gasteiger charge is -2.18. The van der Waals surface area contributed by atoms with Gasteiger partial charge in [0.05, 0.1) is 0 Å². The molecule has 430 valence electrons. The van der Waals surface area contributed by atoms with Crippen LogP contribution in [0.5, 0.6) is 0 Å². The summed E-state index contributed by atoms with van der Waals surface area (Å²) in [7, 11) is 0. The zero-order chi connectivity index (χ0) is 54.3. The van der Waals surface area contributed by atoms with Gasteiger partial charge in [-0.05, 0) is 83.5 Å². The summed E-state index contributed by atoms with van der Waals surface area (Å²) in [4.78, 5) is 38.3. The van der Waals surface area contributed by atoms with Crippen molar-refractivity contribution in [1.29, 1.82) is 0 Å². The van der Waals surface area contributed by atoms with E-state index >= 15 is 0 Å². The van der Waals surface area contributed by atoms with Gasteiger partial charge in [-0.15, -0.1) is 0 Å². The van der Waals surface area contributed by atoms with Gasteiger partial charge < -0.3 is 14.2 Å². The van der Waals surface area contributed by atoms with Crippen LogP contribution < -0.4 is 0 Å². The molecule has 0 aliphatic rings. The molecule has 0 aliphatic carbocycles. The van der Waals surface area contributed by atoms with Gasteiger partial charge in [0.15, 0.2) is 6.10 Å². The van der Waals surface area contributed by atoms with E-state index in [0.717, 1.165) is 109 Å². The summed E-state index contributed by atoms with van der Waals surface area (Å²) in [5.41, 5.74) is 0.